The molecule has 0 spiro atoms. The first-order chi connectivity index (χ1) is 11.6. The summed E-state index contributed by atoms with van der Waals surface area (Å²) in [6, 6.07) is 8.62. The topological polar surface area (TPSA) is 133 Å². The third-order valence-corrected chi connectivity index (χ3v) is 8.37. The molecule has 10 heteroatoms. The number of rotatable bonds is 5. The van der Waals surface area contributed by atoms with Crippen LogP contribution in [-0.2, 0) is 20.2 Å². The van der Waals surface area contributed by atoms with Gasteiger partial charge in [0.25, 0.3) is 24.3 Å². The predicted octanol–water partition coefficient (Wildman–Crippen LogP) is 2.46. The Morgan fingerprint density at radius 1 is 1.12 bits per heavy atom. The molecule has 132 valence electrons. The number of nitrogens with zero attached hydrogens (tertiary/aromatic N) is 1. The zero-order chi connectivity index (χ0) is 18.7. The van der Waals surface area contributed by atoms with Crippen molar-refractivity contribution in [1.82, 2.24) is 0 Å². The van der Waals surface area contributed by atoms with E-state index >= 15 is 0 Å². The summed E-state index contributed by atoms with van der Waals surface area (Å²) in [6.45, 7) is 0. The highest BCUT2D eigenvalue weighted by Crippen LogP contribution is 2.47. The average molecular weight is 399 g/mol. The Hall–Kier alpha value is -1.90. The van der Waals surface area contributed by atoms with Crippen molar-refractivity contribution >= 4 is 38.1 Å². The second kappa shape index (κ2) is 7.15. The van der Waals surface area contributed by atoms with Crippen molar-refractivity contribution in [2.45, 2.75) is 4.08 Å². The van der Waals surface area contributed by atoms with Crippen LogP contribution in [0.1, 0.15) is 5.56 Å². The molecule has 0 fully saturated rings. The van der Waals surface area contributed by atoms with E-state index in [0.717, 1.165) is 6.08 Å². The van der Waals surface area contributed by atoms with Crippen molar-refractivity contribution in [3.63, 3.8) is 0 Å². The van der Waals surface area contributed by atoms with Crippen molar-refractivity contribution in [2.24, 2.45) is 5.92 Å². The van der Waals surface area contributed by atoms with Crippen molar-refractivity contribution < 1.29 is 25.9 Å². The van der Waals surface area contributed by atoms with Gasteiger partial charge in [0, 0.05) is 10.8 Å². The van der Waals surface area contributed by atoms with E-state index in [1.54, 1.807) is 35.7 Å². The van der Waals surface area contributed by atoms with Gasteiger partial charge in [0.05, 0.1) is 0 Å². The Kier molecular flexibility index (Phi) is 5.55. The number of benzene rings is 1. The van der Waals surface area contributed by atoms with Gasteiger partial charge in [-0.25, -0.2) is 0 Å². The molecule has 25 heavy (non-hydrogen) atoms. The van der Waals surface area contributed by atoms with Crippen LogP contribution in [0.25, 0.3) is 6.08 Å². The fourth-order valence-electron chi connectivity index (χ4n) is 2.53. The first-order valence-electron chi connectivity index (χ1n) is 6.77. The Balaban J connectivity index is 2.69. The number of allylic oxidation sites excluding steroid dienone is 4. The summed E-state index contributed by atoms with van der Waals surface area (Å²) in [7, 11) is -10.7. The molecule has 1 aliphatic rings. The summed E-state index contributed by atoms with van der Waals surface area (Å²) >= 11 is 0.242. The normalized spacial score (nSPS) is 20.2. The van der Waals surface area contributed by atoms with Crippen LogP contribution in [0.3, 0.4) is 0 Å². The summed E-state index contributed by atoms with van der Waals surface area (Å²) in [5, 5.41) is 10.4. The molecule has 0 aromatic heterocycles. The third kappa shape index (κ3) is 3.56. The minimum Gasteiger partial charge on any atom is -0.284 e. The highest BCUT2D eigenvalue weighted by molar-refractivity contribution is 8.12. The molecule has 2 rings (SSSR count). The van der Waals surface area contributed by atoms with Crippen LogP contribution in [0, 0.1) is 16.6 Å². The minimum absolute atomic E-state index is 0.242. The van der Waals surface area contributed by atoms with Gasteiger partial charge in [-0.1, -0.05) is 54.6 Å². The van der Waals surface area contributed by atoms with Crippen LogP contribution < -0.4 is 0 Å². The molecule has 0 aliphatic heterocycles. The van der Waals surface area contributed by atoms with Gasteiger partial charge in [-0.3, -0.25) is 9.11 Å². The van der Waals surface area contributed by atoms with Crippen molar-refractivity contribution in [3.05, 3.63) is 65.1 Å². The van der Waals surface area contributed by atoms with Gasteiger partial charge in [0.2, 0.25) is 0 Å². The molecule has 0 amide bonds. The van der Waals surface area contributed by atoms with E-state index in [4.69, 9.17) is 5.26 Å². The molecule has 1 aromatic carbocycles. The van der Waals surface area contributed by atoms with E-state index in [2.05, 4.69) is 0 Å². The van der Waals surface area contributed by atoms with E-state index in [-0.39, 0.29) is 11.8 Å². The fraction of sp³-hybridized carbons (Fsp3) is 0.133. The van der Waals surface area contributed by atoms with Crippen LogP contribution in [0.15, 0.2) is 59.5 Å². The first-order valence-corrected chi connectivity index (χ1v) is 10.5. The van der Waals surface area contributed by atoms with Crippen LogP contribution in [-0.4, -0.2) is 30.0 Å². The molecule has 0 radical (unpaired) electrons. The zero-order valence-electron chi connectivity index (χ0n) is 12.6. The Morgan fingerprint density at radius 2 is 1.72 bits per heavy atom. The summed E-state index contributed by atoms with van der Waals surface area (Å²) in [4.78, 5) is -0.509. The lowest BCUT2D eigenvalue weighted by molar-refractivity contribution is 0.423. The molecule has 1 unspecified atom stereocenters. The Bertz CT molecular complexity index is 953. The van der Waals surface area contributed by atoms with E-state index in [1.807, 2.05) is 0 Å². The second-order valence-electron chi connectivity index (χ2n) is 5.02. The molecular formula is C15H13NO6S3. The lowest BCUT2D eigenvalue weighted by Gasteiger charge is -2.34. The molecule has 1 aliphatic carbocycles. The van der Waals surface area contributed by atoms with Crippen LogP contribution in [0.2, 0.25) is 0 Å². The third-order valence-electron chi connectivity index (χ3n) is 3.57. The lowest BCUT2D eigenvalue weighted by atomic mass is 9.97. The van der Waals surface area contributed by atoms with Gasteiger partial charge in [-0.15, -0.1) is 0 Å². The van der Waals surface area contributed by atoms with Crippen LogP contribution in [0.4, 0.5) is 0 Å². The number of thiocyanates is 1. The monoisotopic (exact) mass is 399 g/mol. The van der Waals surface area contributed by atoms with E-state index < -0.39 is 35.1 Å². The quantitative estimate of drug-likeness (QED) is 0.570. The summed E-state index contributed by atoms with van der Waals surface area (Å²) < 4.78 is 64.5. The summed E-state index contributed by atoms with van der Waals surface area (Å²) in [5.74, 6) is -1.45. The maximum Gasteiger partial charge on any atom is 0.293 e. The van der Waals surface area contributed by atoms with E-state index in [1.165, 1.54) is 24.3 Å². The second-order valence-corrected chi connectivity index (χ2v) is 9.30. The molecule has 0 saturated carbocycles. The summed E-state index contributed by atoms with van der Waals surface area (Å²) in [5.41, 5.74) is 0.652. The highest BCUT2D eigenvalue weighted by atomic mass is 32.3. The van der Waals surface area contributed by atoms with Crippen LogP contribution >= 0.6 is 11.8 Å². The number of hydrogen-bond acceptors (Lipinski definition) is 6. The largest absolute Gasteiger partial charge is 0.293 e. The molecule has 2 N–H and O–H groups in total. The Labute approximate surface area is 149 Å². The standard InChI is InChI=1S/C15H13NO6S3/c16-11-23-14-8-4-7-13(10-9-12-5-2-1-3-6-12)15(14,24(17,18)19)25(20,21)22/h1-10,13H,(H,17,18,19)(H,20,21,22). The molecular weight excluding hydrogens is 386 g/mol. The molecule has 0 saturated heterocycles. The van der Waals surface area contributed by atoms with Gasteiger partial charge in [-0.2, -0.15) is 22.1 Å². The van der Waals surface area contributed by atoms with Gasteiger partial charge in [0.1, 0.15) is 5.40 Å². The average Bonchev–Trinajstić information content (AvgIpc) is 2.52. The maximum atomic E-state index is 12.0. The fourth-order valence-corrected chi connectivity index (χ4v) is 6.64. The van der Waals surface area contributed by atoms with Crippen LogP contribution in [0.5, 0.6) is 0 Å². The van der Waals surface area contributed by atoms with E-state index in [0.29, 0.717) is 5.56 Å². The first kappa shape index (κ1) is 19.4. The van der Waals surface area contributed by atoms with Gasteiger partial charge in [-0.05, 0) is 23.4 Å². The van der Waals surface area contributed by atoms with Gasteiger partial charge < -0.3 is 0 Å². The van der Waals surface area contributed by atoms with Crippen molar-refractivity contribution in [2.75, 3.05) is 0 Å². The van der Waals surface area contributed by atoms with Gasteiger partial charge in [0.15, 0.2) is 0 Å². The highest BCUT2D eigenvalue weighted by Gasteiger charge is 2.62. The number of nitriles is 1. The van der Waals surface area contributed by atoms with E-state index in [9.17, 15) is 25.9 Å². The van der Waals surface area contributed by atoms with Crippen molar-refractivity contribution in [3.8, 4) is 5.40 Å². The molecule has 7 nitrogen and oxygen atoms in total. The lowest BCUT2D eigenvalue weighted by Crippen LogP contribution is -2.52. The maximum absolute atomic E-state index is 12.0. The molecule has 1 aromatic rings. The SMILES string of the molecule is N#CSC1=CC=CC(C=Cc2ccccc2)C1(S(=O)(=O)O)S(=O)(=O)O. The summed E-state index contributed by atoms with van der Waals surface area (Å²) in [6.07, 6.45) is 6.32. The molecule has 1 atom stereocenters. The minimum atomic E-state index is -5.35. The zero-order valence-corrected chi connectivity index (χ0v) is 15.0. The Morgan fingerprint density at radius 3 is 2.24 bits per heavy atom. The smallest absolute Gasteiger partial charge is 0.284 e. The van der Waals surface area contributed by atoms with Gasteiger partial charge >= 0.3 is 0 Å². The van der Waals surface area contributed by atoms with Crippen molar-refractivity contribution in [1.29, 1.82) is 5.26 Å². The number of thioether (sulfide) groups is 1. The number of hydrogen-bond donors (Lipinski definition) is 2. The molecule has 0 heterocycles. The predicted molar refractivity (Wildman–Crippen MR) is 95.2 cm³/mol. The molecule has 0 bridgehead atoms.